The van der Waals surface area contributed by atoms with Gasteiger partial charge in [-0.05, 0) is 244 Å². The van der Waals surface area contributed by atoms with Crippen molar-refractivity contribution in [1.82, 2.24) is 60.0 Å². The third-order valence-corrected chi connectivity index (χ3v) is 26.6. The predicted molar refractivity (Wildman–Crippen MR) is 490 cm³/mol. The number of rotatable bonds is 10. The zero-order chi connectivity index (χ0) is 84.9. The van der Waals surface area contributed by atoms with E-state index in [9.17, 15) is 28.8 Å². The first-order valence-electron chi connectivity index (χ1n) is 43.5. The van der Waals surface area contributed by atoms with E-state index in [4.69, 9.17) is 75.3 Å². The van der Waals surface area contributed by atoms with Crippen molar-refractivity contribution in [3.8, 4) is 0 Å². The highest BCUT2D eigenvalue weighted by molar-refractivity contribution is 6.32. The second kappa shape index (κ2) is 42.8. The summed E-state index contributed by atoms with van der Waals surface area (Å²) in [5.74, 6) is 1.91. The normalized spacial score (nSPS) is 20.0. The van der Waals surface area contributed by atoms with Crippen molar-refractivity contribution in [3.63, 3.8) is 0 Å². The van der Waals surface area contributed by atoms with E-state index in [1.807, 2.05) is 129 Å². The first-order chi connectivity index (χ1) is 59.5. The van der Waals surface area contributed by atoms with Crippen molar-refractivity contribution < 1.29 is 47.7 Å². The van der Waals surface area contributed by atoms with Gasteiger partial charge in [0.1, 0.15) is 0 Å². The van der Waals surface area contributed by atoms with Crippen LogP contribution in [0, 0.1) is 23.7 Å². The molecule has 8 aromatic rings. The van der Waals surface area contributed by atoms with E-state index in [0.717, 1.165) is 159 Å². The third kappa shape index (κ3) is 20.8. The number of piperidine rings is 4. The van der Waals surface area contributed by atoms with Crippen LogP contribution in [0.4, 0.5) is 19.2 Å². The van der Waals surface area contributed by atoms with Gasteiger partial charge in [-0.1, -0.05) is 97.7 Å². The first-order valence-corrected chi connectivity index (χ1v) is 45.0. The van der Waals surface area contributed by atoms with Crippen LogP contribution in [0.15, 0.2) is 146 Å². The molecule has 6 fully saturated rings. The molecule has 6 aliphatic heterocycles. The van der Waals surface area contributed by atoms with Crippen molar-refractivity contribution in [1.29, 1.82) is 0 Å². The van der Waals surface area contributed by atoms with E-state index >= 15 is 0 Å². The maximum atomic E-state index is 12.9. The summed E-state index contributed by atoms with van der Waals surface area (Å²) in [5, 5.41) is 9.63. The number of nitrogens with zero attached hydrogens (tertiary/aromatic N) is 10. The van der Waals surface area contributed by atoms with Crippen molar-refractivity contribution >= 4 is 106 Å². The maximum absolute atomic E-state index is 12.9. The summed E-state index contributed by atoms with van der Waals surface area (Å²) < 4.78 is 20.7. The lowest BCUT2D eigenvalue weighted by Gasteiger charge is -2.37. The maximum Gasteiger partial charge on any atom is 0.409 e. The van der Waals surface area contributed by atoms with Gasteiger partial charge < -0.3 is 59.0 Å². The van der Waals surface area contributed by atoms with Crippen LogP contribution in [0.2, 0.25) is 20.1 Å². The Bertz CT molecular complexity index is 5090. The molecule has 4 aliphatic carbocycles. The number of halogens is 4. The molecular formula is C98H116Cl4N12O10. The summed E-state index contributed by atoms with van der Waals surface area (Å²) in [7, 11) is 0. The van der Waals surface area contributed by atoms with Crippen molar-refractivity contribution in [2.45, 2.75) is 130 Å². The molecule has 26 heteroatoms. The highest BCUT2D eigenvalue weighted by Crippen LogP contribution is 2.50. The summed E-state index contributed by atoms with van der Waals surface area (Å²) in [6.45, 7) is 22.2. The Kier molecular flexibility index (Phi) is 31.7. The molecule has 4 unspecified atom stereocenters. The summed E-state index contributed by atoms with van der Waals surface area (Å²) in [5.41, 5.74) is 19.4. The van der Waals surface area contributed by atoms with Crippen LogP contribution in [0.3, 0.4) is 0 Å². The molecule has 2 N–H and O–H groups in total. The molecule has 656 valence electrons. The molecule has 0 bridgehead atoms. The SMILES string of the molecule is C.C.CCOC(=O)N1CCC(C2c3ccc(Cl)cc3C(=O)Cc3cccnc32)CC1.CCOC(=O)N1CCC(C2c3ccc(Cl)cc3C(N3CCNCC3)=Cc3cccnc32)CC1.CCOC(=O)N1CCC(C2c3ccc(Cl)cc3C=C(N3CCNCC3)c3cccnc32)CC1.CCOC(=O)N1CCC(C2c3ccc(Cl)cc3CC(=O)c3cccnc32)CC1. The van der Waals surface area contributed by atoms with Crippen LogP contribution in [0.5, 0.6) is 0 Å². The average molecular weight is 1760 g/mol. The van der Waals surface area contributed by atoms with Gasteiger partial charge in [-0.3, -0.25) is 29.5 Å². The number of benzene rings is 4. The van der Waals surface area contributed by atoms with E-state index < -0.39 is 0 Å². The third-order valence-electron chi connectivity index (χ3n) is 25.7. The van der Waals surface area contributed by atoms with Gasteiger partial charge in [-0.15, -0.1) is 0 Å². The molecule has 124 heavy (non-hydrogen) atoms. The molecule has 0 radical (unpaired) electrons. The number of nitrogens with one attached hydrogen (secondary N) is 2. The lowest BCUT2D eigenvalue weighted by Crippen LogP contribution is -2.42. The zero-order valence-electron chi connectivity index (χ0n) is 69.9. The standard InChI is InChI=1S/2C26H31ClN4O2.2C22H23ClN2O3.2CH4/c1-2-33-26(32)31-12-7-18(8-13-31)24-21-6-5-20(27)16-19(21)17-23(30-14-10-28-11-15-30)22-4-3-9-29-25(22)24;1-2-33-26(32)31-12-7-18(8-13-31)24-21-6-5-20(27)17-22(21)23(30-14-10-28-11-15-30)16-19-4-3-9-29-25(19)24;1-2-28-22(27)25-10-7-14(8-11-25)20-17-6-5-16(23)12-15(17)13-19(26)18-4-3-9-24-21(18)20;1-2-28-22(27)25-10-7-14(8-11-25)20-17-6-5-16(23)13-18(17)19(26)12-15-4-3-9-24-21(15)20;;/h2*3-6,9,16-18,24,28H,2,7-8,10-15H2,1H3;3-6,9,12,14,20H,2,7-8,10-11,13H2,1H3;3-6,9,13-14,20H,2,7-8,10-12H2,1H3;2*1H4. The van der Waals surface area contributed by atoms with Gasteiger partial charge in [-0.2, -0.15) is 0 Å². The number of ketones is 2. The Balaban J connectivity index is 0.000000142. The molecular weight excluding hydrogens is 1650 g/mol. The fourth-order valence-corrected chi connectivity index (χ4v) is 20.6. The Morgan fingerprint density at radius 3 is 1.18 bits per heavy atom. The van der Waals surface area contributed by atoms with Gasteiger partial charge in [0.2, 0.25) is 0 Å². The number of likely N-dealkylation sites (tertiary alicyclic amines) is 4. The van der Waals surface area contributed by atoms with E-state index in [-0.39, 0.29) is 74.5 Å². The molecule has 4 atom stereocenters. The highest BCUT2D eigenvalue weighted by atomic mass is 35.5. The fourth-order valence-electron chi connectivity index (χ4n) is 19.9. The first kappa shape index (κ1) is 91.7. The number of amides is 4. The number of aromatic nitrogens is 4. The van der Waals surface area contributed by atoms with Gasteiger partial charge in [-0.25, -0.2) is 19.2 Å². The second-order valence-corrected chi connectivity index (χ2v) is 34.5. The summed E-state index contributed by atoms with van der Waals surface area (Å²) in [4.78, 5) is 106. The number of ether oxygens (including phenoxy) is 4. The summed E-state index contributed by atoms with van der Waals surface area (Å²) >= 11 is 25.4. The Labute approximate surface area is 749 Å². The topological polar surface area (TPSA) is 234 Å². The van der Waals surface area contributed by atoms with Gasteiger partial charge >= 0.3 is 24.4 Å². The van der Waals surface area contributed by atoms with Crippen LogP contribution in [-0.4, -0.2) is 216 Å². The molecule has 0 spiro atoms. The number of fused-ring (bicyclic) bond motifs is 8. The number of pyridine rings is 4. The van der Waals surface area contributed by atoms with Gasteiger partial charge in [0.05, 0.1) is 49.2 Å². The molecule has 6 saturated heterocycles. The van der Waals surface area contributed by atoms with Crippen molar-refractivity contribution in [2.24, 2.45) is 23.7 Å². The minimum absolute atomic E-state index is 0. The van der Waals surface area contributed by atoms with Gasteiger partial charge in [0.15, 0.2) is 11.6 Å². The molecule has 10 aliphatic rings. The van der Waals surface area contributed by atoms with Crippen molar-refractivity contribution in [3.05, 3.63) is 256 Å². The zero-order valence-corrected chi connectivity index (χ0v) is 72.9. The number of piperazine rings is 2. The second-order valence-electron chi connectivity index (χ2n) is 32.7. The van der Waals surface area contributed by atoms with E-state index in [1.54, 1.807) is 28.3 Å². The minimum atomic E-state index is -0.247. The van der Waals surface area contributed by atoms with E-state index in [0.29, 0.717) is 136 Å². The van der Waals surface area contributed by atoms with Crippen LogP contribution < -0.4 is 10.6 Å². The molecule has 18 rings (SSSR count). The number of carbonyl (C=O) groups excluding carboxylic acids is 6. The van der Waals surface area contributed by atoms with Crippen LogP contribution >= 0.6 is 46.4 Å². The molecule has 4 amide bonds. The lowest BCUT2D eigenvalue weighted by molar-refractivity contribution is 0.0892. The molecule has 4 aromatic carbocycles. The average Bonchev–Trinajstić information content (AvgIpc) is 1.61. The minimum Gasteiger partial charge on any atom is -0.450 e. The molecule has 4 aromatic heterocycles. The van der Waals surface area contributed by atoms with Crippen LogP contribution in [0.25, 0.3) is 23.5 Å². The smallest absolute Gasteiger partial charge is 0.409 e. The Morgan fingerprint density at radius 2 is 0.694 bits per heavy atom. The number of hydrogen-bond acceptors (Lipinski definition) is 18. The van der Waals surface area contributed by atoms with Gasteiger partial charge in [0.25, 0.3) is 0 Å². The summed E-state index contributed by atoms with van der Waals surface area (Å²) in [6.07, 6.45) is 18.8. The number of Topliss-reactive ketones (excluding diaryl/α,β-unsaturated/α-hetero) is 2. The Morgan fingerprint density at radius 1 is 0.355 bits per heavy atom. The van der Waals surface area contributed by atoms with Crippen molar-refractivity contribution in [2.75, 3.05) is 131 Å². The molecule has 22 nitrogen and oxygen atoms in total. The fraction of sp³-hybridized carbons (Fsp3) is 0.449. The monoisotopic (exact) mass is 1760 g/mol. The van der Waals surface area contributed by atoms with Crippen LogP contribution in [0.1, 0.15) is 217 Å². The number of hydrogen-bond donors (Lipinski definition) is 2. The van der Waals surface area contributed by atoms with Gasteiger partial charge in [0, 0.05) is 220 Å². The highest BCUT2D eigenvalue weighted by Gasteiger charge is 2.43. The molecule has 10 heterocycles. The van der Waals surface area contributed by atoms with Crippen LogP contribution in [-0.2, 0) is 31.8 Å². The summed E-state index contributed by atoms with van der Waals surface area (Å²) in [6, 6.07) is 40.0. The predicted octanol–water partition coefficient (Wildman–Crippen LogP) is 19.1. The van der Waals surface area contributed by atoms with E-state index in [2.05, 4.69) is 79.0 Å². The quantitative estimate of drug-likeness (QED) is 0.121. The Hall–Kier alpha value is -9.94. The number of carbonyl (C=O) groups is 6. The largest absolute Gasteiger partial charge is 0.450 e. The van der Waals surface area contributed by atoms with E-state index in [1.165, 1.54) is 44.8 Å². The lowest BCUT2D eigenvalue weighted by atomic mass is 9.76. The molecule has 0 saturated carbocycles.